The van der Waals surface area contributed by atoms with E-state index in [0.717, 1.165) is 6.07 Å². The van der Waals surface area contributed by atoms with Crippen LogP contribution in [-0.4, -0.2) is 24.5 Å². The predicted octanol–water partition coefficient (Wildman–Crippen LogP) is 2.45. The molecule has 0 radical (unpaired) electrons. The minimum absolute atomic E-state index is 0.107. The molecule has 0 aliphatic heterocycles. The summed E-state index contributed by atoms with van der Waals surface area (Å²) in [4.78, 5) is 1.90. The summed E-state index contributed by atoms with van der Waals surface area (Å²) >= 11 is 0. The summed E-state index contributed by atoms with van der Waals surface area (Å²) in [7, 11) is 0. The summed E-state index contributed by atoms with van der Waals surface area (Å²) in [6.45, 7) is 5.30. The molecule has 2 N–H and O–H groups in total. The van der Waals surface area contributed by atoms with Crippen LogP contribution in [-0.2, 0) is 0 Å². The molecule has 1 rings (SSSR count). The van der Waals surface area contributed by atoms with Crippen molar-refractivity contribution in [1.82, 2.24) is 4.90 Å². The van der Waals surface area contributed by atoms with Crippen LogP contribution in [0.15, 0.2) is 12.1 Å². The molecule has 1 aromatic rings. The maximum Gasteiger partial charge on any atom is 0.161 e. The van der Waals surface area contributed by atoms with Gasteiger partial charge in [-0.1, -0.05) is 13.8 Å². The lowest BCUT2D eigenvalue weighted by molar-refractivity contribution is 0.218. The fourth-order valence-corrected chi connectivity index (χ4v) is 1.93. The van der Waals surface area contributed by atoms with Crippen molar-refractivity contribution in [2.24, 2.45) is 5.73 Å². The highest BCUT2D eigenvalue weighted by molar-refractivity contribution is 5.24. The lowest BCUT2D eigenvalue weighted by Crippen LogP contribution is -2.34. The first-order valence-electron chi connectivity index (χ1n) is 5.63. The SMILES string of the molecule is CCN(CC)C(CN)c1cc(F)c(F)cc1F. The van der Waals surface area contributed by atoms with Crippen molar-refractivity contribution in [3.05, 3.63) is 35.1 Å². The molecular weight excluding hydrogens is 229 g/mol. The largest absolute Gasteiger partial charge is 0.329 e. The number of rotatable bonds is 5. The number of benzene rings is 1. The van der Waals surface area contributed by atoms with E-state index < -0.39 is 23.5 Å². The van der Waals surface area contributed by atoms with E-state index in [1.807, 2.05) is 18.7 Å². The quantitative estimate of drug-likeness (QED) is 0.809. The average molecular weight is 246 g/mol. The minimum Gasteiger partial charge on any atom is -0.329 e. The minimum atomic E-state index is -1.18. The van der Waals surface area contributed by atoms with E-state index in [4.69, 9.17) is 5.73 Å². The molecule has 0 bridgehead atoms. The first-order chi connectivity index (χ1) is 8.04. The number of likely N-dealkylation sites (N-methyl/N-ethyl adjacent to an activating group) is 1. The van der Waals surface area contributed by atoms with E-state index in [9.17, 15) is 13.2 Å². The van der Waals surface area contributed by atoms with Crippen LogP contribution in [0, 0.1) is 17.5 Å². The highest BCUT2D eigenvalue weighted by Gasteiger charge is 2.21. The first kappa shape index (κ1) is 14.0. The number of hydrogen-bond donors (Lipinski definition) is 1. The van der Waals surface area contributed by atoms with E-state index in [1.165, 1.54) is 0 Å². The predicted molar refractivity (Wildman–Crippen MR) is 61.0 cm³/mol. The summed E-state index contributed by atoms with van der Waals surface area (Å²) in [6.07, 6.45) is 0. The molecule has 0 heterocycles. The topological polar surface area (TPSA) is 29.3 Å². The monoisotopic (exact) mass is 246 g/mol. The van der Waals surface area contributed by atoms with Gasteiger partial charge in [0.25, 0.3) is 0 Å². The van der Waals surface area contributed by atoms with Gasteiger partial charge in [-0.2, -0.15) is 0 Å². The molecule has 1 aromatic carbocycles. The van der Waals surface area contributed by atoms with Gasteiger partial charge in [0, 0.05) is 24.2 Å². The van der Waals surface area contributed by atoms with E-state index in [1.54, 1.807) is 0 Å². The van der Waals surface area contributed by atoms with Crippen molar-refractivity contribution in [3.63, 3.8) is 0 Å². The fraction of sp³-hybridized carbons (Fsp3) is 0.500. The van der Waals surface area contributed by atoms with Gasteiger partial charge in [-0.3, -0.25) is 4.90 Å². The highest BCUT2D eigenvalue weighted by atomic mass is 19.2. The third-order valence-electron chi connectivity index (χ3n) is 2.87. The summed E-state index contributed by atoms with van der Waals surface area (Å²) in [5.41, 5.74) is 5.70. The van der Waals surface area contributed by atoms with Crippen LogP contribution in [0.2, 0.25) is 0 Å². The zero-order valence-corrected chi connectivity index (χ0v) is 10.0. The van der Waals surface area contributed by atoms with Crippen molar-refractivity contribution < 1.29 is 13.2 Å². The van der Waals surface area contributed by atoms with E-state index >= 15 is 0 Å². The number of nitrogens with zero attached hydrogens (tertiary/aromatic N) is 1. The van der Waals surface area contributed by atoms with Crippen molar-refractivity contribution in [1.29, 1.82) is 0 Å². The Morgan fingerprint density at radius 1 is 1.06 bits per heavy atom. The van der Waals surface area contributed by atoms with Crippen LogP contribution >= 0.6 is 0 Å². The van der Waals surface area contributed by atoms with Crippen molar-refractivity contribution >= 4 is 0 Å². The summed E-state index contributed by atoms with van der Waals surface area (Å²) < 4.78 is 39.6. The second-order valence-electron chi connectivity index (χ2n) is 3.76. The molecule has 0 saturated carbocycles. The van der Waals surface area contributed by atoms with E-state index in [2.05, 4.69) is 0 Å². The third kappa shape index (κ3) is 2.98. The molecule has 17 heavy (non-hydrogen) atoms. The molecule has 0 fully saturated rings. The van der Waals surface area contributed by atoms with Crippen LogP contribution in [0.4, 0.5) is 13.2 Å². The van der Waals surface area contributed by atoms with Gasteiger partial charge in [-0.15, -0.1) is 0 Å². The normalized spacial score (nSPS) is 13.1. The van der Waals surface area contributed by atoms with Crippen LogP contribution in [0.5, 0.6) is 0 Å². The van der Waals surface area contributed by atoms with Gasteiger partial charge in [0.1, 0.15) is 5.82 Å². The van der Waals surface area contributed by atoms with Gasteiger partial charge in [-0.05, 0) is 19.2 Å². The van der Waals surface area contributed by atoms with Crippen LogP contribution in [0.25, 0.3) is 0 Å². The Hall–Kier alpha value is -1.07. The number of nitrogens with two attached hydrogens (primary N) is 1. The Morgan fingerprint density at radius 2 is 1.59 bits per heavy atom. The molecular formula is C12H17F3N2. The van der Waals surface area contributed by atoms with Crippen molar-refractivity contribution in [3.8, 4) is 0 Å². The number of halogens is 3. The Balaban J connectivity index is 3.15. The number of hydrogen-bond acceptors (Lipinski definition) is 2. The second kappa shape index (κ2) is 6.02. The fourth-order valence-electron chi connectivity index (χ4n) is 1.93. The molecule has 0 amide bonds. The van der Waals surface area contributed by atoms with Crippen LogP contribution in [0.1, 0.15) is 25.5 Å². The van der Waals surface area contributed by atoms with Gasteiger partial charge in [0.15, 0.2) is 11.6 Å². The maximum atomic E-state index is 13.6. The molecule has 0 aliphatic rings. The van der Waals surface area contributed by atoms with Crippen molar-refractivity contribution in [2.45, 2.75) is 19.9 Å². The molecule has 1 unspecified atom stereocenters. The smallest absolute Gasteiger partial charge is 0.161 e. The Bertz CT molecular complexity index is 378. The Labute approximate surface area is 99.2 Å². The standard InChI is InChI=1S/C12H17F3N2/c1-3-17(4-2)12(7-16)8-5-10(14)11(15)6-9(8)13/h5-6,12H,3-4,7,16H2,1-2H3. The molecule has 0 aromatic heterocycles. The zero-order chi connectivity index (χ0) is 13.0. The van der Waals surface area contributed by atoms with Crippen LogP contribution < -0.4 is 5.73 Å². The lowest BCUT2D eigenvalue weighted by atomic mass is 10.0. The van der Waals surface area contributed by atoms with Gasteiger partial charge in [-0.25, -0.2) is 13.2 Å². The van der Waals surface area contributed by atoms with E-state index in [0.29, 0.717) is 19.2 Å². The van der Waals surface area contributed by atoms with E-state index in [-0.39, 0.29) is 12.1 Å². The zero-order valence-electron chi connectivity index (χ0n) is 10.0. The third-order valence-corrected chi connectivity index (χ3v) is 2.87. The molecule has 96 valence electrons. The van der Waals surface area contributed by atoms with Gasteiger partial charge < -0.3 is 5.73 Å². The van der Waals surface area contributed by atoms with Crippen LogP contribution in [0.3, 0.4) is 0 Å². The Kier molecular flexibility index (Phi) is 4.96. The highest BCUT2D eigenvalue weighted by Crippen LogP contribution is 2.24. The molecule has 0 aliphatic carbocycles. The van der Waals surface area contributed by atoms with Gasteiger partial charge >= 0.3 is 0 Å². The average Bonchev–Trinajstić information content (AvgIpc) is 2.31. The second-order valence-corrected chi connectivity index (χ2v) is 3.76. The molecule has 2 nitrogen and oxygen atoms in total. The molecule has 0 saturated heterocycles. The maximum absolute atomic E-state index is 13.6. The lowest BCUT2D eigenvalue weighted by Gasteiger charge is -2.29. The molecule has 0 spiro atoms. The Morgan fingerprint density at radius 3 is 2.06 bits per heavy atom. The first-order valence-corrected chi connectivity index (χ1v) is 5.63. The summed E-state index contributed by atoms with van der Waals surface area (Å²) in [6, 6.07) is 1.03. The summed E-state index contributed by atoms with van der Waals surface area (Å²) in [5, 5.41) is 0. The summed E-state index contributed by atoms with van der Waals surface area (Å²) in [5.74, 6) is -2.99. The molecule has 1 atom stereocenters. The van der Waals surface area contributed by atoms with Gasteiger partial charge in [0.2, 0.25) is 0 Å². The molecule has 5 heteroatoms. The van der Waals surface area contributed by atoms with Crippen molar-refractivity contribution in [2.75, 3.05) is 19.6 Å². The van der Waals surface area contributed by atoms with Gasteiger partial charge in [0.05, 0.1) is 0 Å².